The highest BCUT2D eigenvalue weighted by Crippen LogP contribution is 2.11. The van der Waals surface area contributed by atoms with Gasteiger partial charge in [-0.1, -0.05) is 0 Å². The third-order valence-corrected chi connectivity index (χ3v) is 3.09. The Morgan fingerprint density at radius 3 is 2.84 bits per heavy atom. The maximum absolute atomic E-state index is 6.22. The number of nitrogens with one attached hydrogen (secondary N) is 2. The van der Waals surface area contributed by atoms with Gasteiger partial charge in [-0.3, -0.25) is 10.7 Å². The van der Waals surface area contributed by atoms with Crippen molar-refractivity contribution in [3.05, 3.63) is 47.3 Å². The van der Waals surface area contributed by atoms with Crippen LogP contribution in [-0.4, -0.2) is 20.7 Å². The SMILES string of the molecule is NC1=c2[nH]cnc2=NC(N)(CCc2ccncc2)N1. The second kappa shape index (κ2) is 4.36. The molecule has 0 spiro atoms. The molecule has 98 valence electrons. The van der Waals surface area contributed by atoms with E-state index in [0.717, 1.165) is 12.0 Å². The molecule has 0 radical (unpaired) electrons. The maximum atomic E-state index is 6.22. The molecule has 0 fully saturated rings. The van der Waals surface area contributed by atoms with E-state index in [4.69, 9.17) is 11.5 Å². The molecule has 2 aromatic rings. The Labute approximate surface area is 109 Å². The predicted molar refractivity (Wildman–Crippen MR) is 69.6 cm³/mol. The first-order chi connectivity index (χ1) is 9.16. The number of aromatic amines is 1. The van der Waals surface area contributed by atoms with E-state index in [1.165, 1.54) is 0 Å². The molecular formula is C12H15N7. The molecule has 0 amide bonds. The van der Waals surface area contributed by atoms with E-state index >= 15 is 0 Å². The van der Waals surface area contributed by atoms with Crippen LogP contribution in [0.4, 0.5) is 0 Å². The maximum Gasteiger partial charge on any atom is 0.186 e. The minimum atomic E-state index is -0.921. The largest absolute Gasteiger partial charge is 0.384 e. The van der Waals surface area contributed by atoms with Crippen molar-refractivity contribution in [2.75, 3.05) is 0 Å². The van der Waals surface area contributed by atoms with Crippen molar-refractivity contribution < 1.29 is 0 Å². The summed E-state index contributed by atoms with van der Waals surface area (Å²) < 4.78 is 0. The Kier molecular flexibility index (Phi) is 2.68. The van der Waals surface area contributed by atoms with Gasteiger partial charge in [0.05, 0.1) is 6.33 Å². The Morgan fingerprint density at radius 1 is 1.26 bits per heavy atom. The van der Waals surface area contributed by atoms with E-state index in [2.05, 4.69) is 25.3 Å². The fourth-order valence-electron chi connectivity index (χ4n) is 2.09. The van der Waals surface area contributed by atoms with Gasteiger partial charge < -0.3 is 16.0 Å². The summed E-state index contributed by atoms with van der Waals surface area (Å²) in [6.07, 6.45) is 6.47. The van der Waals surface area contributed by atoms with Crippen molar-refractivity contribution in [3.63, 3.8) is 0 Å². The molecular weight excluding hydrogens is 242 g/mol. The molecule has 0 aromatic carbocycles. The summed E-state index contributed by atoms with van der Waals surface area (Å²) in [5.74, 6) is -0.449. The molecule has 19 heavy (non-hydrogen) atoms. The second-order valence-corrected chi connectivity index (χ2v) is 4.53. The lowest BCUT2D eigenvalue weighted by Gasteiger charge is -2.28. The quantitative estimate of drug-likeness (QED) is 0.522. The number of nitrogens with two attached hydrogens (primary N) is 2. The molecule has 7 heteroatoms. The summed E-state index contributed by atoms with van der Waals surface area (Å²) in [6.45, 7) is 0. The van der Waals surface area contributed by atoms with Gasteiger partial charge >= 0.3 is 0 Å². The standard InChI is InChI=1S/C12H15N7/c13-10-9-11(17-7-16-9)19-12(14,18-10)4-1-8-2-5-15-6-3-8/h2-3,5-7,18H,1,4,13-14H2,(H,16,17,19). The lowest BCUT2D eigenvalue weighted by atomic mass is 10.1. The van der Waals surface area contributed by atoms with Crippen LogP contribution in [0.2, 0.25) is 0 Å². The number of nitrogens with zero attached hydrogens (tertiary/aromatic N) is 3. The lowest BCUT2D eigenvalue weighted by molar-refractivity contribution is 0.353. The average molecular weight is 257 g/mol. The third kappa shape index (κ3) is 2.27. The van der Waals surface area contributed by atoms with Crippen molar-refractivity contribution >= 4 is 5.82 Å². The van der Waals surface area contributed by atoms with Crippen molar-refractivity contribution in [1.29, 1.82) is 0 Å². The van der Waals surface area contributed by atoms with Crippen molar-refractivity contribution in [2.45, 2.75) is 18.6 Å². The molecule has 2 aromatic heterocycles. The summed E-state index contributed by atoms with van der Waals surface area (Å²) in [6, 6.07) is 3.92. The van der Waals surface area contributed by atoms with Crippen molar-refractivity contribution in [3.8, 4) is 0 Å². The summed E-state index contributed by atoms with van der Waals surface area (Å²) >= 11 is 0. The zero-order chi connectivity index (χ0) is 13.3. The summed E-state index contributed by atoms with van der Waals surface area (Å²) in [5, 5.41) is 3.71. The zero-order valence-corrected chi connectivity index (χ0v) is 10.3. The molecule has 7 nitrogen and oxygen atoms in total. The molecule has 1 aliphatic rings. The van der Waals surface area contributed by atoms with Gasteiger partial charge in [0.15, 0.2) is 11.3 Å². The summed E-state index contributed by atoms with van der Waals surface area (Å²) in [4.78, 5) is 15.4. The minimum Gasteiger partial charge on any atom is -0.384 e. The molecule has 3 heterocycles. The Balaban J connectivity index is 1.83. The first kappa shape index (κ1) is 11.7. The van der Waals surface area contributed by atoms with E-state index in [-0.39, 0.29) is 0 Å². The molecule has 0 saturated heterocycles. The number of fused-ring (bicyclic) bond motifs is 1. The number of aromatic nitrogens is 3. The van der Waals surface area contributed by atoms with Crippen LogP contribution in [0.5, 0.6) is 0 Å². The fourth-order valence-corrected chi connectivity index (χ4v) is 2.09. The monoisotopic (exact) mass is 257 g/mol. The van der Waals surface area contributed by atoms with Gasteiger partial charge in [-0.05, 0) is 24.1 Å². The zero-order valence-electron chi connectivity index (χ0n) is 10.3. The normalized spacial score (nSPS) is 21.4. The molecule has 3 rings (SSSR count). The van der Waals surface area contributed by atoms with E-state index in [9.17, 15) is 0 Å². The number of H-pyrrole nitrogens is 1. The average Bonchev–Trinajstić information content (AvgIpc) is 2.86. The van der Waals surface area contributed by atoms with Crippen LogP contribution in [0, 0.1) is 0 Å². The van der Waals surface area contributed by atoms with E-state index in [0.29, 0.717) is 23.1 Å². The predicted octanol–water partition coefficient (Wildman–Crippen LogP) is -1.70. The second-order valence-electron chi connectivity index (χ2n) is 4.53. The minimum absolute atomic E-state index is 0.472. The van der Waals surface area contributed by atoms with E-state index in [1.807, 2.05) is 12.1 Å². The van der Waals surface area contributed by atoms with Crippen LogP contribution in [0.25, 0.3) is 5.82 Å². The topological polar surface area (TPSA) is 118 Å². The van der Waals surface area contributed by atoms with Crippen LogP contribution >= 0.6 is 0 Å². The van der Waals surface area contributed by atoms with E-state index < -0.39 is 5.79 Å². The van der Waals surface area contributed by atoms with Gasteiger partial charge in [0.1, 0.15) is 11.2 Å². The molecule has 1 unspecified atom stereocenters. The van der Waals surface area contributed by atoms with Gasteiger partial charge in [-0.2, -0.15) is 0 Å². The Hall–Kier alpha value is -2.41. The van der Waals surface area contributed by atoms with Gasteiger partial charge in [-0.15, -0.1) is 0 Å². The Morgan fingerprint density at radius 2 is 2.05 bits per heavy atom. The van der Waals surface area contributed by atoms with E-state index in [1.54, 1.807) is 18.7 Å². The number of hydrogen-bond donors (Lipinski definition) is 4. The van der Waals surface area contributed by atoms with Gasteiger partial charge in [0, 0.05) is 18.8 Å². The molecule has 0 saturated carbocycles. The number of rotatable bonds is 3. The summed E-state index contributed by atoms with van der Waals surface area (Å²) in [7, 11) is 0. The molecule has 0 aliphatic carbocycles. The number of hydrogen-bond acceptors (Lipinski definition) is 6. The fraction of sp³-hybridized carbons (Fsp3) is 0.250. The van der Waals surface area contributed by atoms with Crippen molar-refractivity contribution in [2.24, 2.45) is 16.5 Å². The molecule has 1 atom stereocenters. The van der Waals surface area contributed by atoms with Gasteiger partial charge in [-0.25, -0.2) is 9.98 Å². The smallest absolute Gasteiger partial charge is 0.186 e. The Bertz CT molecular complexity index is 690. The first-order valence-electron chi connectivity index (χ1n) is 6.01. The molecule has 0 bridgehead atoms. The van der Waals surface area contributed by atoms with Crippen LogP contribution in [0.1, 0.15) is 12.0 Å². The van der Waals surface area contributed by atoms with Crippen LogP contribution in [0.3, 0.4) is 0 Å². The number of aryl methyl sites for hydroxylation is 1. The van der Waals surface area contributed by atoms with Gasteiger partial charge in [0.25, 0.3) is 0 Å². The third-order valence-electron chi connectivity index (χ3n) is 3.09. The number of pyridine rings is 1. The summed E-state index contributed by atoms with van der Waals surface area (Å²) in [5.41, 5.74) is 13.8. The first-order valence-corrected chi connectivity index (χ1v) is 6.01. The molecule has 6 N–H and O–H groups in total. The lowest BCUT2D eigenvalue weighted by Crippen LogP contribution is -2.60. The van der Waals surface area contributed by atoms with Crippen LogP contribution in [-0.2, 0) is 6.42 Å². The van der Waals surface area contributed by atoms with Gasteiger partial charge in [0.2, 0.25) is 0 Å². The highest BCUT2D eigenvalue weighted by atomic mass is 15.3. The van der Waals surface area contributed by atoms with Crippen LogP contribution < -0.4 is 27.6 Å². The van der Waals surface area contributed by atoms with Crippen molar-refractivity contribution in [1.82, 2.24) is 20.3 Å². The number of imidazole rings is 1. The molecule has 1 aliphatic heterocycles. The van der Waals surface area contributed by atoms with Crippen LogP contribution in [0.15, 0.2) is 35.8 Å². The highest BCUT2D eigenvalue weighted by molar-refractivity contribution is 5.37. The highest BCUT2D eigenvalue weighted by Gasteiger charge is 2.27.